The summed E-state index contributed by atoms with van der Waals surface area (Å²) in [5.41, 5.74) is 1.27. The zero-order valence-electron chi connectivity index (χ0n) is 22.6. The van der Waals surface area contributed by atoms with Crippen LogP contribution < -0.4 is 14.4 Å². The van der Waals surface area contributed by atoms with Gasteiger partial charge in [-0.15, -0.1) is 0 Å². The Morgan fingerprint density at radius 1 is 0.756 bits per heavy atom. The molecular formula is C30H28N2O8S. The number of hydrogen-bond donors (Lipinski definition) is 1. The molecule has 41 heavy (non-hydrogen) atoms. The highest BCUT2D eigenvalue weighted by Crippen LogP contribution is 2.38. The highest BCUT2D eigenvalue weighted by Gasteiger charge is 2.29. The maximum absolute atomic E-state index is 13.9. The molecule has 1 amide bonds. The number of anilines is 2. The Morgan fingerprint density at radius 2 is 1.39 bits per heavy atom. The number of nitrogens with zero attached hydrogens (tertiary/aromatic N) is 1. The molecule has 0 atom stereocenters. The Labute approximate surface area is 237 Å². The van der Waals surface area contributed by atoms with Gasteiger partial charge in [0.1, 0.15) is 18.0 Å². The normalized spacial score (nSPS) is 11.0. The van der Waals surface area contributed by atoms with Crippen LogP contribution in [0, 0.1) is 0 Å². The van der Waals surface area contributed by atoms with Crippen molar-refractivity contribution in [3.05, 3.63) is 90.5 Å². The van der Waals surface area contributed by atoms with Crippen molar-refractivity contribution < 1.29 is 37.0 Å². The largest absolute Gasteiger partial charge is 0.469 e. The molecule has 0 saturated heterocycles. The number of amides is 1. The van der Waals surface area contributed by atoms with Crippen LogP contribution in [0.25, 0.3) is 10.8 Å². The van der Waals surface area contributed by atoms with Crippen LogP contribution in [-0.4, -0.2) is 47.0 Å². The summed E-state index contributed by atoms with van der Waals surface area (Å²) >= 11 is 0. The van der Waals surface area contributed by atoms with E-state index >= 15 is 0 Å². The number of nitrogens with one attached hydrogen (secondary N) is 1. The monoisotopic (exact) mass is 576 g/mol. The van der Waals surface area contributed by atoms with Gasteiger partial charge < -0.3 is 19.5 Å². The molecule has 0 aromatic heterocycles. The molecule has 0 bridgehead atoms. The maximum atomic E-state index is 13.9. The number of benzene rings is 4. The first-order chi connectivity index (χ1) is 19.6. The Morgan fingerprint density at radius 3 is 2.05 bits per heavy atom. The van der Waals surface area contributed by atoms with Crippen LogP contribution in [0.2, 0.25) is 0 Å². The van der Waals surface area contributed by atoms with Crippen molar-refractivity contribution in [2.45, 2.75) is 18.2 Å². The third-order valence-electron chi connectivity index (χ3n) is 6.15. The second kappa shape index (κ2) is 12.5. The minimum absolute atomic E-state index is 0.00850. The van der Waals surface area contributed by atoms with E-state index in [2.05, 4.69) is 5.32 Å². The zero-order valence-corrected chi connectivity index (χ0v) is 23.4. The second-order valence-corrected chi connectivity index (χ2v) is 10.7. The predicted octanol–water partition coefficient (Wildman–Crippen LogP) is 4.67. The Hall–Kier alpha value is -4.90. The van der Waals surface area contributed by atoms with Crippen molar-refractivity contribution in [1.82, 2.24) is 0 Å². The molecule has 0 heterocycles. The van der Waals surface area contributed by atoms with Crippen LogP contribution in [0.1, 0.15) is 12.5 Å². The Kier molecular flexibility index (Phi) is 8.88. The fourth-order valence-electron chi connectivity index (χ4n) is 4.18. The van der Waals surface area contributed by atoms with Crippen molar-refractivity contribution in [2.75, 3.05) is 30.4 Å². The van der Waals surface area contributed by atoms with Gasteiger partial charge in [-0.1, -0.05) is 42.5 Å². The molecular weight excluding hydrogens is 548 g/mol. The number of para-hydroxylation sites is 1. The van der Waals surface area contributed by atoms with Gasteiger partial charge in [0.15, 0.2) is 0 Å². The van der Waals surface area contributed by atoms with Gasteiger partial charge in [-0.3, -0.25) is 18.7 Å². The van der Waals surface area contributed by atoms with E-state index in [0.29, 0.717) is 33.5 Å². The van der Waals surface area contributed by atoms with Crippen molar-refractivity contribution in [1.29, 1.82) is 0 Å². The van der Waals surface area contributed by atoms with E-state index < -0.39 is 28.5 Å². The summed E-state index contributed by atoms with van der Waals surface area (Å²) < 4.78 is 44.5. The molecule has 0 unspecified atom stereocenters. The lowest BCUT2D eigenvalue weighted by Gasteiger charge is -2.25. The average Bonchev–Trinajstić information content (AvgIpc) is 2.97. The van der Waals surface area contributed by atoms with Crippen LogP contribution in [0.15, 0.2) is 89.8 Å². The summed E-state index contributed by atoms with van der Waals surface area (Å²) in [6, 6.07) is 22.8. The van der Waals surface area contributed by atoms with Gasteiger partial charge in [-0.25, -0.2) is 8.42 Å². The number of methoxy groups -OCH3 is 2. The van der Waals surface area contributed by atoms with E-state index in [1.54, 1.807) is 60.7 Å². The molecule has 4 aromatic carbocycles. The van der Waals surface area contributed by atoms with Gasteiger partial charge in [-0.05, 0) is 42.5 Å². The first-order valence-electron chi connectivity index (χ1n) is 12.5. The molecule has 0 aliphatic rings. The smallest absolute Gasteiger partial charge is 0.326 e. The Bertz CT molecular complexity index is 1700. The first-order valence-corrected chi connectivity index (χ1v) is 13.9. The minimum Gasteiger partial charge on any atom is -0.469 e. The number of rotatable bonds is 10. The van der Waals surface area contributed by atoms with Crippen molar-refractivity contribution >= 4 is 50.0 Å². The molecule has 0 spiro atoms. The summed E-state index contributed by atoms with van der Waals surface area (Å²) in [7, 11) is -1.78. The number of carbonyl (C=O) groups excluding carboxylic acids is 3. The molecule has 0 aliphatic carbocycles. The van der Waals surface area contributed by atoms with Crippen molar-refractivity contribution in [3.8, 4) is 11.5 Å². The molecule has 0 saturated carbocycles. The maximum Gasteiger partial charge on any atom is 0.326 e. The summed E-state index contributed by atoms with van der Waals surface area (Å²) in [5.74, 6) is -0.625. The van der Waals surface area contributed by atoms with Crippen molar-refractivity contribution in [2.24, 2.45) is 0 Å². The lowest BCUT2D eigenvalue weighted by atomic mass is 10.1. The van der Waals surface area contributed by atoms with E-state index in [-0.39, 0.29) is 22.9 Å². The fraction of sp³-hybridized carbons (Fsp3) is 0.167. The number of fused-ring (bicyclic) bond motifs is 1. The van der Waals surface area contributed by atoms with Crippen LogP contribution in [0.3, 0.4) is 0 Å². The van der Waals surface area contributed by atoms with Gasteiger partial charge in [0.25, 0.3) is 10.0 Å². The molecule has 212 valence electrons. The van der Waals surface area contributed by atoms with Gasteiger partial charge in [0.2, 0.25) is 5.91 Å². The summed E-state index contributed by atoms with van der Waals surface area (Å²) in [5, 5.41) is 3.66. The van der Waals surface area contributed by atoms with Crippen LogP contribution in [0.5, 0.6) is 11.5 Å². The van der Waals surface area contributed by atoms with E-state index in [4.69, 9.17) is 14.2 Å². The number of carbonyl (C=O) groups is 3. The molecule has 10 nitrogen and oxygen atoms in total. The highest BCUT2D eigenvalue weighted by atomic mass is 32.2. The van der Waals surface area contributed by atoms with E-state index in [9.17, 15) is 22.8 Å². The lowest BCUT2D eigenvalue weighted by molar-refractivity contribution is -0.140. The zero-order chi connectivity index (χ0) is 29.6. The molecule has 4 rings (SSSR count). The van der Waals surface area contributed by atoms with Crippen LogP contribution >= 0.6 is 0 Å². The molecule has 1 N–H and O–H groups in total. The van der Waals surface area contributed by atoms with Crippen LogP contribution in [0.4, 0.5) is 11.4 Å². The fourth-order valence-corrected chi connectivity index (χ4v) is 5.61. The number of sulfonamides is 1. The minimum atomic E-state index is -4.26. The van der Waals surface area contributed by atoms with E-state index in [1.807, 2.05) is 0 Å². The average molecular weight is 577 g/mol. The molecule has 0 aliphatic heterocycles. The summed E-state index contributed by atoms with van der Waals surface area (Å²) in [6.07, 6.45) is 0.00850. The van der Waals surface area contributed by atoms with Crippen molar-refractivity contribution in [3.63, 3.8) is 0 Å². The molecule has 0 radical (unpaired) electrons. The van der Waals surface area contributed by atoms with Gasteiger partial charge in [0.05, 0.1) is 31.2 Å². The van der Waals surface area contributed by atoms with Gasteiger partial charge in [0, 0.05) is 28.9 Å². The van der Waals surface area contributed by atoms with Crippen LogP contribution in [-0.2, 0) is 40.3 Å². The lowest BCUT2D eigenvalue weighted by Crippen LogP contribution is -2.36. The third kappa shape index (κ3) is 6.64. The third-order valence-corrected chi connectivity index (χ3v) is 7.92. The standard InChI is InChI=1S/C30H28N2O8S/c1-20(33)31-22-12-14-23(15-13-22)41(36,37)32(19-30(35)39-3)26-16-17-28(25-10-6-5-9-24(25)26)40-27-11-7-4-8-21(27)18-29(34)38-2/h4-17H,18-19H2,1-3H3,(H,31,33). The quantitative estimate of drug-likeness (QED) is 0.270. The predicted molar refractivity (Wildman–Crippen MR) is 153 cm³/mol. The first kappa shape index (κ1) is 29.1. The summed E-state index contributed by atoms with van der Waals surface area (Å²) in [6.45, 7) is 0.761. The highest BCUT2D eigenvalue weighted by molar-refractivity contribution is 7.92. The van der Waals surface area contributed by atoms with Gasteiger partial charge >= 0.3 is 11.9 Å². The molecule has 0 fully saturated rings. The number of hydrogen-bond acceptors (Lipinski definition) is 8. The van der Waals surface area contributed by atoms with Gasteiger partial charge in [-0.2, -0.15) is 0 Å². The van der Waals surface area contributed by atoms with E-state index in [1.165, 1.54) is 45.4 Å². The number of ether oxygens (including phenoxy) is 3. The number of esters is 2. The SMILES string of the molecule is COC(=O)Cc1ccccc1Oc1ccc(N(CC(=O)OC)S(=O)(=O)c2ccc(NC(C)=O)cc2)c2ccccc12. The summed E-state index contributed by atoms with van der Waals surface area (Å²) in [4.78, 5) is 35.6. The van der Waals surface area contributed by atoms with E-state index in [0.717, 1.165) is 4.31 Å². The topological polar surface area (TPSA) is 128 Å². The second-order valence-electron chi connectivity index (χ2n) is 8.88. The molecule has 11 heteroatoms. The Balaban J connectivity index is 1.79. The molecule has 4 aromatic rings.